The Labute approximate surface area is 203 Å². The fourth-order valence-electron chi connectivity index (χ4n) is 6.61. The van der Waals surface area contributed by atoms with Crippen LogP contribution in [0.2, 0.25) is 0 Å². The molecule has 2 heterocycles. The van der Waals surface area contributed by atoms with E-state index in [1.807, 2.05) is 0 Å². The van der Waals surface area contributed by atoms with Crippen molar-refractivity contribution in [3.05, 3.63) is 30.1 Å². The van der Waals surface area contributed by atoms with Crippen molar-refractivity contribution in [2.75, 3.05) is 12.0 Å². The Morgan fingerprint density at radius 1 is 0.939 bits per heavy atom. The maximum atomic E-state index is 3.83. The van der Waals surface area contributed by atoms with E-state index < -0.39 is 0 Å². The Kier molecular flexibility index (Phi) is 8.77. The zero-order valence-electron chi connectivity index (χ0n) is 22.0. The van der Waals surface area contributed by atoms with Crippen LogP contribution < -0.4 is 9.99 Å². The zero-order chi connectivity index (χ0) is 23.2. The van der Waals surface area contributed by atoms with Gasteiger partial charge in [0.25, 0.3) is 0 Å². The van der Waals surface area contributed by atoms with Crippen molar-refractivity contribution < 1.29 is 4.57 Å². The first kappa shape index (κ1) is 24.6. The molecule has 2 saturated carbocycles. The molecule has 2 aliphatic carbocycles. The smallest absolute Gasteiger partial charge is 0.232 e. The third kappa shape index (κ3) is 6.55. The van der Waals surface area contributed by atoms with Gasteiger partial charge in [0.05, 0.1) is 0 Å². The van der Waals surface area contributed by atoms with Gasteiger partial charge in [-0.25, -0.2) is 0 Å². The first-order valence-electron chi connectivity index (χ1n) is 14.3. The van der Waals surface area contributed by atoms with Gasteiger partial charge in [-0.15, -0.1) is 0 Å². The number of hydrogen-bond donors (Lipinski definition) is 1. The van der Waals surface area contributed by atoms with E-state index >= 15 is 0 Å². The number of nitrogens with zero attached hydrogens (tertiary/aromatic N) is 2. The fourth-order valence-corrected chi connectivity index (χ4v) is 6.61. The molecule has 2 aromatic rings. The van der Waals surface area contributed by atoms with E-state index in [0.717, 1.165) is 36.1 Å². The molecular weight excluding hydrogens is 402 g/mol. The van der Waals surface area contributed by atoms with Crippen molar-refractivity contribution >= 4 is 11.0 Å². The first-order valence-corrected chi connectivity index (χ1v) is 14.3. The number of rotatable bonds is 5. The Bertz CT molecular complexity index is 867. The van der Waals surface area contributed by atoms with Gasteiger partial charge in [-0.3, -0.25) is 4.68 Å². The highest BCUT2D eigenvalue weighted by atomic mass is 15.4. The third-order valence-corrected chi connectivity index (χ3v) is 9.03. The van der Waals surface area contributed by atoms with Crippen molar-refractivity contribution in [2.24, 2.45) is 30.7 Å². The Hall–Kier alpha value is -1.51. The topological polar surface area (TPSA) is 20.8 Å². The molecule has 4 atom stereocenters. The van der Waals surface area contributed by atoms with E-state index in [9.17, 15) is 0 Å². The first-order chi connectivity index (χ1) is 16.0. The summed E-state index contributed by atoms with van der Waals surface area (Å²) < 4.78 is 4.69. The average molecular weight is 453 g/mol. The van der Waals surface area contributed by atoms with Crippen LogP contribution in [0.25, 0.3) is 11.0 Å². The number of nitrogens with one attached hydrogen (secondary N) is 1. The van der Waals surface area contributed by atoms with E-state index in [0.29, 0.717) is 0 Å². The number of aromatic nitrogens is 2. The summed E-state index contributed by atoms with van der Waals surface area (Å²) in [6.45, 7) is 8.39. The van der Waals surface area contributed by atoms with Crippen LogP contribution in [0.4, 0.5) is 0 Å². The van der Waals surface area contributed by atoms with Gasteiger partial charge in [-0.2, -0.15) is 4.57 Å². The molecule has 0 radical (unpaired) electrons. The Morgan fingerprint density at radius 3 is 2.52 bits per heavy atom. The van der Waals surface area contributed by atoms with Crippen LogP contribution in [0.3, 0.4) is 0 Å². The lowest BCUT2D eigenvalue weighted by Gasteiger charge is -2.23. The maximum absolute atomic E-state index is 3.83. The number of aryl methyl sites for hydroxylation is 1. The summed E-state index contributed by atoms with van der Waals surface area (Å²) in [4.78, 5) is 0. The number of fused-ring (bicyclic) bond motifs is 1. The Morgan fingerprint density at radius 2 is 1.67 bits per heavy atom. The van der Waals surface area contributed by atoms with Gasteiger partial charge in [-0.1, -0.05) is 78.6 Å². The summed E-state index contributed by atoms with van der Waals surface area (Å²) in [5, 5.41) is 0. The lowest BCUT2D eigenvalue weighted by atomic mass is 9.83. The second-order valence-electron chi connectivity index (χ2n) is 12.0. The van der Waals surface area contributed by atoms with Crippen LogP contribution in [0, 0.1) is 23.7 Å². The molecule has 184 valence electrons. The Balaban J connectivity index is 1.43. The van der Waals surface area contributed by atoms with Gasteiger partial charge in [0.1, 0.15) is 12.6 Å². The number of pyridine rings is 1. The van der Waals surface area contributed by atoms with Gasteiger partial charge in [0.2, 0.25) is 5.52 Å². The normalized spacial score (nSPS) is 28.0. The van der Waals surface area contributed by atoms with Crippen molar-refractivity contribution in [3.8, 4) is 0 Å². The highest BCUT2D eigenvalue weighted by molar-refractivity contribution is 5.73. The molecule has 33 heavy (non-hydrogen) atoms. The van der Waals surface area contributed by atoms with Crippen LogP contribution in [-0.4, -0.2) is 11.2 Å². The second kappa shape index (κ2) is 11.8. The molecule has 2 aromatic heterocycles. The SMILES string of the molecule is CC1CCCCC(c2cc3c(ccn3NCC3CCCCC(C(C)C)CCC3)[n+](C)c2)CC1. The molecule has 0 aromatic carbocycles. The minimum absolute atomic E-state index is 0.718. The molecule has 1 N–H and O–H groups in total. The summed E-state index contributed by atoms with van der Waals surface area (Å²) in [5.41, 5.74) is 8.06. The van der Waals surface area contributed by atoms with Crippen molar-refractivity contribution in [1.82, 2.24) is 4.68 Å². The minimum Gasteiger partial charge on any atom is -0.325 e. The molecule has 2 aliphatic rings. The van der Waals surface area contributed by atoms with Crippen LogP contribution in [-0.2, 0) is 7.05 Å². The zero-order valence-corrected chi connectivity index (χ0v) is 22.0. The molecule has 0 amide bonds. The lowest BCUT2D eigenvalue weighted by Crippen LogP contribution is -2.30. The van der Waals surface area contributed by atoms with Gasteiger partial charge in [0, 0.05) is 24.4 Å². The fraction of sp³-hybridized carbons (Fsp3) is 0.767. The van der Waals surface area contributed by atoms with Crippen LogP contribution in [0.5, 0.6) is 0 Å². The molecule has 0 saturated heterocycles. The summed E-state index contributed by atoms with van der Waals surface area (Å²) in [6, 6.07) is 4.78. The molecule has 3 heteroatoms. The van der Waals surface area contributed by atoms with E-state index in [1.54, 1.807) is 5.56 Å². The van der Waals surface area contributed by atoms with Crippen molar-refractivity contribution in [2.45, 2.75) is 110 Å². The largest absolute Gasteiger partial charge is 0.325 e. The predicted molar refractivity (Wildman–Crippen MR) is 141 cm³/mol. The monoisotopic (exact) mass is 452 g/mol. The molecule has 0 bridgehead atoms. The van der Waals surface area contributed by atoms with Gasteiger partial charge >= 0.3 is 0 Å². The third-order valence-electron chi connectivity index (χ3n) is 9.03. The summed E-state index contributed by atoms with van der Waals surface area (Å²) >= 11 is 0. The van der Waals surface area contributed by atoms with E-state index in [1.165, 1.54) is 94.5 Å². The molecule has 2 fully saturated rings. The summed E-state index contributed by atoms with van der Waals surface area (Å²) in [7, 11) is 2.23. The minimum atomic E-state index is 0.718. The van der Waals surface area contributed by atoms with Gasteiger partial charge < -0.3 is 5.43 Å². The van der Waals surface area contributed by atoms with E-state index in [2.05, 4.69) is 67.0 Å². The van der Waals surface area contributed by atoms with Crippen LogP contribution in [0.1, 0.15) is 116 Å². The van der Waals surface area contributed by atoms with Gasteiger partial charge in [-0.05, 0) is 61.3 Å². The average Bonchev–Trinajstić information content (AvgIpc) is 3.23. The summed E-state index contributed by atoms with van der Waals surface area (Å²) in [5.74, 6) is 4.20. The molecule has 4 rings (SSSR count). The highest BCUT2D eigenvalue weighted by Gasteiger charge is 2.22. The number of hydrogen-bond acceptors (Lipinski definition) is 1. The quantitative estimate of drug-likeness (QED) is 0.461. The second-order valence-corrected chi connectivity index (χ2v) is 12.0. The van der Waals surface area contributed by atoms with Crippen molar-refractivity contribution in [1.29, 1.82) is 0 Å². The molecule has 0 aliphatic heterocycles. The standard InChI is InChI=1S/C30H50N3/c1-23(2)26-13-8-6-11-25(12-9-15-26)21-31-33-19-18-29-30(33)20-28(22-32(29)4)27-14-7-5-10-24(3)16-17-27/h18-20,22-27,31H,5-17,21H2,1-4H3/q+1. The molecular formula is C30H50N3+. The van der Waals surface area contributed by atoms with E-state index in [4.69, 9.17) is 0 Å². The summed E-state index contributed by atoms with van der Waals surface area (Å²) in [6.07, 6.45) is 22.8. The highest BCUT2D eigenvalue weighted by Crippen LogP contribution is 2.34. The van der Waals surface area contributed by atoms with E-state index in [-0.39, 0.29) is 0 Å². The van der Waals surface area contributed by atoms with Crippen LogP contribution in [0.15, 0.2) is 24.5 Å². The predicted octanol–water partition coefficient (Wildman–Crippen LogP) is 7.72. The molecule has 4 unspecified atom stereocenters. The molecule has 3 nitrogen and oxygen atoms in total. The van der Waals surface area contributed by atoms with Crippen molar-refractivity contribution in [3.63, 3.8) is 0 Å². The van der Waals surface area contributed by atoms with Crippen LogP contribution >= 0.6 is 0 Å². The lowest BCUT2D eigenvalue weighted by molar-refractivity contribution is -0.645. The van der Waals surface area contributed by atoms with Gasteiger partial charge in [0.15, 0.2) is 6.20 Å². The maximum Gasteiger partial charge on any atom is 0.232 e. The molecule has 0 spiro atoms.